The van der Waals surface area contributed by atoms with E-state index in [2.05, 4.69) is 28.0 Å². The van der Waals surface area contributed by atoms with Gasteiger partial charge in [0.1, 0.15) is 0 Å². The van der Waals surface area contributed by atoms with Gasteiger partial charge in [-0.1, -0.05) is 53.2 Å². The first-order chi connectivity index (χ1) is 13.8. The van der Waals surface area contributed by atoms with E-state index in [1.54, 1.807) is 30.3 Å². The Morgan fingerprint density at radius 1 is 1.28 bits per heavy atom. The van der Waals surface area contributed by atoms with Gasteiger partial charge in [0.2, 0.25) is 0 Å². The molecule has 0 bridgehead atoms. The Hall–Kier alpha value is -2.19. The molecule has 2 aromatic carbocycles. The van der Waals surface area contributed by atoms with Crippen molar-refractivity contribution in [1.29, 1.82) is 0 Å². The number of nitrogens with zero attached hydrogens (tertiary/aromatic N) is 2. The van der Waals surface area contributed by atoms with Crippen molar-refractivity contribution >= 4 is 42.8 Å². The highest BCUT2D eigenvalue weighted by atomic mass is 79.9. The topological polar surface area (TPSA) is 78.3 Å². The highest BCUT2D eigenvalue weighted by Gasteiger charge is 2.51. The van der Waals surface area contributed by atoms with E-state index in [1.165, 1.54) is 13.3 Å². The summed E-state index contributed by atoms with van der Waals surface area (Å²) < 4.78 is 33.0. The molecule has 0 N–H and O–H groups in total. The van der Waals surface area contributed by atoms with Crippen molar-refractivity contribution in [3.8, 4) is 0 Å². The minimum atomic E-state index is -3.73. The third-order valence-corrected chi connectivity index (χ3v) is 7.76. The number of fused-ring (bicyclic) bond motifs is 1. The van der Waals surface area contributed by atoms with Crippen molar-refractivity contribution in [3.05, 3.63) is 64.3 Å². The SMILES string of the molecule is COC(=O)C1(c2cc(Br)c3cnn(S(=O)(=O)Cc4ccccc4)c3c2)CC(C)C1. The maximum absolute atomic E-state index is 13.1. The van der Waals surface area contributed by atoms with Gasteiger partial charge in [0.05, 0.1) is 30.0 Å². The zero-order valence-corrected chi connectivity index (χ0v) is 18.5. The maximum Gasteiger partial charge on any atom is 0.316 e. The number of hydrogen-bond acceptors (Lipinski definition) is 5. The Balaban J connectivity index is 1.83. The second-order valence-electron chi connectivity index (χ2n) is 7.71. The van der Waals surface area contributed by atoms with Gasteiger partial charge in [0.15, 0.2) is 0 Å². The molecule has 1 fully saturated rings. The van der Waals surface area contributed by atoms with E-state index < -0.39 is 15.4 Å². The molecule has 152 valence electrons. The molecule has 3 aromatic rings. The number of methoxy groups -OCH3 is 1. The zero-order chi connectivity index (χ0) is 20.8. The summed E-state index contributed by atoms with van der Waals surface area (Å²) >= 11 is 3.53. The highest BCUT2D eigenvalue weighted by molar-refractivity contribution is 9.10. The number of hydrogen-bond donors (Lipinski definition) is 0. The summed E-state index contributed by atoms with van der Waals surface area (Å²) in [4.78, 5) is 12.6. The molecule has 1 aliphatic rings. The predicted octanol–water partition coefficient (Wildman–Crippen LogP) is 4.02. The van der Waals surface area contributed by atoms with Gasteiger partial charge in [-0.15, -0.1) is 0 Å². The summed E-state index contributed by atoms with van der Waals surface area (Å²) in [6.45, 7) is 2.09. The van der Waals surface area contributed by atoms with E-state index in [1.807, 2.05) is 12.1 Å². The largest absolute Gasteiger partial charge is 0.468 e. The number of benzene rings is 2. The Labute approximate surface area is 178 Å². The molecule has 0 amide bonds. The van der Waals surface area contributed by atoms with Crippen molar-refractivity contribution in [3.63, 3.8) is 0 Å². The molecular formula is C21H21BrN2O4S. The van der Waals surface area contributed by atoms with Gasteiger partial charge < -0.3 is 4.74 Å². The molecule has 0 atom stereocenters. The van der Waals surface area contributed by atoms with Crippen molar-refractivity contribution in [2.75, 3.05) is 7.11 Å². The lowest BCUT2D eigenvalue weighted by Crippen LogP contribution is -2.47. The van der Waals surface area contributed by atoms with E-state index in [9.17, 15) is 13.2 Å². The number of halogens is 1. The van der Waals surface area contributed by atoms with Crippen LogP contribution in [0.3, 0.4) is 0 Å². The fourth-order valence-electron chi connectivity index (χ4n) is 4.25. The smallest absolute Gasteiger partial charge is 0.316 e. The van der Waals surface area contributed by atoms with Gasteiger partial charge in [-0.3, -0.25) is 4.79 Å². The van der Waals surface area contributed by atoms with Crippen LogP contribution in [0.2, 0.25) is 0 Å². The summed E-state index contributed by atoms with van der Waals surface area (Å²) in [7, 11) is -2.35. The molecule has 8 heteroatoms. The van der Waals surface area contributed by atoms with Crippen molar-refractivity contribution in [2.45, 2.75) is 30.9 Å². The highest BCUT2D eigenvalue weighted by Crippen LogP contribution is 2.49. The van der Waals surface area contributed by atoms with E-state index in [0.29, 0.717) is 39.7 Å². The van der Waals surface area contributed by atoms with Crippen molar-refractivity contribution < 1.29 is 17.9 Å². The molecule has 0 spiro atoms. The molecule has 29 heavy (non-hydrogen) atoms. The summed E-state index contributed by atoms with van der Waals surface area (Å²) in [5, 5.41) is 4.83. The van der Waals surface area contributed by atoms with Gasteiger partial charge >= 0.3 is 5.97 Å². The molecular weight excluding hydrogens is 456 g/mol. The lowest BCUT2D eigenvalue weighted by Gasteiger charge is -2.44. The number of ether oxygens (including phenoxy) is 1. The van der Waals surface area contributed by atoms with Gasteiger partial charge in [-0.25, -0.2) is 8.42 Å². The Morgan fingerprint density at radius 2 is 1.97 bits per heavy atom. The van der Waals surface area contributed by atoms with E-state index in [-0.39, 0.29) is 11.7 Å². The normalized spacial score (nSPS) is 21.7. The first-order valence-electron chi connectivity index (χ1n) is 9.30. The van der Waals surface area contributed by atoms with Crippen molar-refractivity contribution in [2.24, 2.45) is 5.92 Å². The molecule has 0 radical (unpaired) electrons. The molecule has 1 aromatic heterocycles. The Bertz CT molecular complexity index is 1180. The lowest BCUT2D eigenvalue weighted by atomic mass is 9.59. The number of carbonyl (C=O) groups excluding carboxylic acids is 1. The van der Waals surface area contributed by atoms with Crippen LogP contribution in [0.4, 0.5) is 0 Å². The molecule has 0 aliphatic heterocycles. The van der Waals surface area contributed by atoms with Gasteiger partial charge in [0.25, 0.3) is 10.0 Å². The van der Waals surface area contributed by atoms with Crippen LogP contribution in [0.15, 0.2) is 53.1 Å². The predicted molar refractivity (Wildman–Crippen MR) is 114 cm³/mol. The van der Waals surface area contributed by atoms with Gasteiger partial charge in [0, 0.05) is 9.86 Å². The third kappa shape index (κ3) is 3.38. The van der Waals surface area contributed by atoms with E-state index in [0.717, 1.165) is 9.65 Å². The fraction of sp³-hybridized carbons (Fsp3) is 0.333. The molecule has 0 unspecified atom stereocenters. The standard InChI is InChI=1S/C21H21BrN2O4S/c1-14-10-21(11-14,20(25)28-2)16-8-18(22)17-12-23-24(19(17)9-16)29(26,27)13-15-6-4-3-5-7-15/h3-9,12,14H,10-11,13H2,1-2H3. The first-order valence-corrected chi connectivity index (χ1v) is 11.7. The molecule has 1 heterocycles. The number of carbonyl (C=O) groups is 1. The summed E-state index contributed by atoms with van der Waals surface area (Å²) in [6, 6.07) is 12.6. The van der Waals surface area contributed by atoms with Crippen LogP contribution >= 0.6 is 15.9 Å². The second-order valence-corrected chi connectivity index (χ2v) is 10.4. The Morgan fingerprint density at radius 3 is 2.59 bits per heavy atom. The average molecular weight is 477 g/mol. The number of rotatable bonds is 5. The number of aromatic nitrogens is 2. The Kier molecular flexibility index (Phi) is 5.02. The first kappa shape index (κ1) is 20.1. The molecule has 6 nitrogen and oxygen atoms in total. The molecule has 1 aliphatic carbocycles. The summed E-state index contributed by atoms with van der Waals surface area (Å²) in [5.74, 6) is -0.0543. The third-order valence-electron chi connectivity index (χ3n) is 5.58. The minimum absolute atomic E-state index is 0.161. The zero-order valence-electron chi connectivity index (χ0n) is 16.1. The van der Waals surface area contributed by atoms with E-state index >= 15 is 0 Å². The van der Waals surface area contributed by atoms with Crippen LogP contribution in [-0.4, -0.2) is 30.7 Å². The van der Waals surface area contributed by atoms with Gasteiger partial charge in [-0.05, 0) is 42.0 Å². The van der Waals surface area contributed by atoms with Crippen molar-refractivity contribution in [1.82, 2.24) is 9.19 Å². The van der Waals surface area contributed by atoms with Crippen LogP contribution < -0.4 is 0 Å². The number of esters is 1. The quantitative estimate of drug-likeness (QED) is 0.519. The van der Waals surface area contributed by atoms with Crippen LogP contribution in [0.5, 0.6) is 0 Å². The summed E-state index contributed by atoms with van der Waals surface area (Å²) in [5.41, 5.74) is 1.14. The van der Waals surface area contributed by atoms with E-state index in [4.69, 9.17) is 4.74 Å². The average Bonchev–Trinajstić information content (AvgIpc) is 3.10. The fourth-order valence-corrected chi connectivity index (χ4v) is 6.18. The van der Waals surface area contributed by atoms with Crippen LogP contribution in [0.1, 0.15) is 30.9 Å². The molecule has 4 rings (SSSR count). The molecule has 0 saturated heterocycles. The maximum atomic E-state index is 13.1. The monoisotopic (exact) mass is 476 g/mol. The lowest BCUT2D eigenvalue weighted by molar-refractivity contribution is -0.153. The second kappa shape index (κ2) is 7.25. The van der Waals surface area contributed by atoms with Gasteiger partial charge in [-0.2, -0.15) is 9.19 Å². The van der Waals surface area contributed by atoms with Crippen LogP contribution in [0, 0.1) is 5.92 Å². The van der Waals surface area contributed by atoms with Crippen LogP contribution in [0.25, 0.3) is 10.9 Å². The van der Waals surface area contributed by atoms with Crippen LogP contribution in [-0.2, 0) is 30.7 Å². The minimum Gasteiger partial charge on any atom is -0.468 e. The summed E-state index contributed by atoms with van der Waals surface area (Å²) in [6.07, 6.45) is 2.87. The molecule has 1 saturated carbocycles.